The summed E-state index contributed by atoms with van der Waals surface area (Å²) < 4.78 is 13.6. The largest absolute Gasteiger partial charge is 0.355 e. The van der Waals surface area contributed by atoms with Crippen molar-refractivity contribution >= 4 is 11.8 Å². The lowest BCUT2D eigenvalue weighted by molar-refractivity contribution is -0.137. The van der Waals surface area contributed by atoms with Gasteiger partial charge in [0, 0.05) is 38.3 Å². The Balaban J connectivity index is 1.60. The van der Waals surface area contributed by atoms with Crippen LogP contribution in [0.4, 0.5) is 4.39 Å². The van der Waals surface area contributed by atoms with Crippen molar-refractivity contribution in [2.45, 2.75) is 39.2 Å². The molecule has 6 heteroatoms. The molecule has 1 aromatic carbocycles. The number of nitrogens with zero attached hydrogens (tertiary/aromatic N) is 2. The van der Waals surface area contributed by atoms with Crippen molar-refractivity contribution < 1.29 is 14.0 Å². The Morgan fingerprint density at radius 1 is 1.25 bits per heavy atom. The molecule has 28 heavy (non-hydrogen) atoms. The SMILES string of the molecule is CC(=O)N1CC(C(=O)NCCc2ccccn2)CCC1c1ccc(F)c(C)c1. The van der Waals surface area contributed by atoms with Crippen LogP contribution in [0.25, 0.3) is 0 Å². The zero-order valence-corrected chi connectivity index (χ0v) is 16.3. The highest BCUT2D eigenvalue weighted by atomic mass is 19.1. The van der Waals surface area contributed by atoms with Crippen LogP contribution in [0.1, 0.15) is 42.6 Å². The predicted octanol–water partition coefficient (Wildman–Crippen LogP) is 3.19. The molecule has 1 N–H and O–H groups in total. The Bertz CT molecular complexity index is 841. The molecule has 1 aliphatic heterocycles. The fraction of sp³-hybridized carbons (Fsp3) is 0.409. The molecule has 0 saturated carbocycles. The fourth-order valence-corrected chi connectivity index (χ4v) is 3.76. The van der Waals surface area contributed by atoms with Gasteiger partial charge in [-0.15, -0.1) is 0 Å². The van der Waals surface area contributed by atoms with E-state index >= 15 is 0 Å². The highest BCUT2D eigenvalue weighted by Crippen LogP contribution is 2.34. The number of aromatic nitrogens is 1. The van der Waals surface area contributed by atoms with Crippen LogP contribution >= 0.6 is 0 Å². The second-order valence-corrected chi connectivity index (χ2v) is 7.33. The highest BCUT2D eigenvalue weighted by molar-refractivity contribution is 5.81. The molecule has 0 radical (unpaired) electrons. The van der Waals surface area contributed by atoms with E-state index in [0.29, 0.717) is 37.9 Å². The van der Waals surface area contributed by atoms with E-state index < -0.39 is 0 Å². The van der Waals surface area contributed by atoms with Crippen LogP contribution < -0.4 is 5.32 Å². The maximum atomic E-state index is 13.6. The minimum atomic E-state index is -0.251. The lowest BCUT2D eigenvalue weighted by Gasteiger charge is -2.39. The summed E-state index contributed by atoms with van der Waals surface area (Å²) in [6.45, 7) is 4.14. The summed E-state index contributed by atoms with van der Waals surface area (Å²) in [5.74, 6) is -0.585. The first-order chi connectivity index (χ1) is 13.5. The number of nitrogens with one attached hydrogen (secondary N) is 1. The number of rotatable bonds is 5. The number of hydrogen-bond donors (Lipinski definition) is 1. The molecular weight excluding hydrogens is 357 g/mol. The summed E-state index contributed by atoms with van der Waals surface area (Å²) in [7, 11) is 0. The molecule has 1 saturated heterocycles. The molecule has 2 unspecified atom stereocenters. The van der Waals surface area contributed by atoms with Gasteiger partial charge >= 0.3 is 0 Å². The van der Waals surface area contributed by atoms with Crippen LogP contribution in [0.3, 0.4) is 0 Å². The number of halogens is 1. The molecule has 0 aliphatic carbocycles. The maximum Gasteiger partial charge on any atom is 0.224 e. The molecule has 1 fully saturated rings. The van der Waals surface area contributed by atoms with Crippen LogP contribution in [-0.4, -0.2) is 34.8 Å². The van der Waals surface area contributed by atoms with Gasteiger partial charge in [0.2, 0.25) is 11.8 Å². The first-order valence-corrected chi connectivity index (χ1v) is 9.66. The lowest BCUT2D eigenvalue weighted by Crippen LogP contribution is -2.46. The second-order valence-electron chi connectivity index (χ2n) is 7.33. The van der Waals surface area contributed by atoms with Gasteiger partial charge in [0.15, 0.2) is 0 Å². The molecule has 0 bridgehead atoms. The summed E-state index contributed by atoms with van der Waals surface area (Å²) in [6, 6.07) is 10.6. The number of carbonyl (C=O) groups is 2. The Morgan fingerprint density at radius 3 is 2.75 bits per heavy atom. The first-order valence-electron chi connectivity index (χ1n) is 9.66. The van der Waals surface area contributed by atoms with Gasteiger partial charge in [-0.25, -0.2) is 4.39 Å². The van der Waals surface area contributed by atoms with Crippen LogP contribution in [0, 0.1) is 18.7 Å². The van der Waals surface area contributed by atoms with Crippen molar-refractivity contribution in [1.29, 1.82) is 0 Å². The Morgan fingerprint density at radius 2 is 2.07 bits per heavy atom. The van der Waals surface area contributed by atoms with E-state index in [1.54, 1.807) is 30.2 Å². The standard InChI is InChI=1S/C22H26FN3O2/c1-15-13-17(6-8-20(15)23)21-9-7-18(14-26(21)16(2)27)22(28)25-12-10-19-5-3-4-11-24-19/h3-6,8,11,13,18,21H,7,9-10,12,14H2,1-2H3,(H,25,28). The predicted molar refractivity (Wildman–Crippen MR) is 105 cm³/mol. The Hall–Kier alpha value is -2.76. The van der Waals surface area contributed by atoms with Gasteiger partial charge in [-0.3, -0.25) is 14.6 Å². The monoisotopic (exact) mass is 383 g/mol. The van der Waals surface area contributed by atoms with Crippen LogP contribution in [0.2, 0.25) is 0 Å². The van der Waals surface area contributed by atoms with Crippen LogP contribution in [-0.2, 0) is 16.0 Å². The van der Waals surface area contributed by atoms with Crippen molar-refractivity contribution in [2.24, 2.45) is 5.92 Å². The van der Waals surface area contributed by atoms with Crippen molar-refractivity contribution in [3.63, 3.8) is 0 Å². The third-order valence-corrected chi connectivity index (χ3v) is 5.33. The highest BCUT2D eigenvalue weighted by Gasteiger charge is 2.34. The molecule has 3 rings (SSSR count). The topological polar surface area (TPSA) is 62.3 Å². The molecule has 5 nitrogen and oxygen atoms in total. The summed E-state index contributed by atoms with van der Waals surface area (Å²) in [5.41, 5.74) is 2.42. The fourth-order valence-electron chi connectivity index (χ4n) is 3.76. The number of hydrogen-bond acceptors (Lipinski definition) is 3. The van der Waals surface area contributed by atoms with Crippen LogP contribution in [0.5, 0.6) is 0 Å². The van der Waals surface area contributed by atoms with E-state index in [1.807, 2.05) is 18.2 Å². The number of amides is 2. The maximum absolute atomic E-state index is 13.6. The average molecular weight is 383 g/mol. The molecule has 0 spiro atoms. The number of aryl methyl sites for hydroxylation is 1. The molecule has 1 aromatic heterocycles. The minimum Gasteiger partial charge on any atom is -0.355 e. The van der Waals surface area contributed by atoms with Gasteiger partial charge in [0.1, 0.15) is 5.82 Å². The number of benzene rings is 1. The molecule has 2 aromatic rings. The van der Waals surface area contributed by atoms with Crippen molar-refractivity contribution in [3.05, 3.63) is 65.2 Å². The van der Waals surface area contributed by atoms with E-state index in [1.165, 1.54) is 13.0 Å². The van der Waals surface area contributed by atoms with Gasteiger partial charge in [0.25, 0.3) is 0 Å². The van der Waals surface area contributed by atoms with E-state index in [4.69, 9.17) is 0 Å². The second kappa shape index (κ2) is 8.95. The van der Waals surface area contributed by atoms with Crippen molar-refractivity contribution in [3.8, 4) is 0 Å². The van der Waals surface area contributed by atoms with E-state index in [-0.39, 0.29) is 29.6 Å². The number of piperidine rings is 1. The summed E-state index contributed by atoms with van der Waals surface area (Å²) in [4.78, 5) is 30.8. The average Bonchev–Trinajstić information content (AvgIpc) is 2.70. The summed E-state index contributed by atoms with van der Waals surface area (Å²) >= 11 is 0. The number of carbonyl (C=O) groups excluding carboxylic acids is 2. The van der Waals surface area contributed by atoms with E-state index in [9.17, 15) is 14.0 Å². The molecule has 2 heterocycles. The van der Waals surface area contributed by atoms with E-state index in [2.05, 4.69) is 10.3 Å². The van der Waals surface area contributed by atoms with Crippen LogP contribution in [0.15, 0.2) is 42.6 Å². The Kier molecular flexibility index (Phi) is 6.39. The summed E-state index contributed by atoms with van der Waals surface area (Å²) in [6.07, 6.45) is 3.79. The third-order valence-electron chi connectivity index (χ3n) is 5.33. The Labute approximate surface area is 165 Å². The zero-order valence-electron chi connectivity index (χ0n) is 16.3. The lowest BCUT2D eigenvalue weighted by atomic mass is 9.88. The first kappa shape index (κ1) is 20.0. The smallest absolute Gasteiger partial charge is 0.224 e. The normalized spacial score (nSPS) is 19.3. The molecule has 2 amide bonds. The number of likely N-dealkylation sites (tertiary alicyclic amines) is 1. The molecule has 1 aliphatic rings. The molecule has 148 valence electrons. The zero-order chi connectivity index (χ0) is 20.1. The minimum absolute atomic E-state index is 0.0316. The molecular formula is C22H26FN3O2. The van der Waals surface area contributed by atoms with Gasteiger partial charge in [0.05, 0.1) is 12.0 Å². The van der Waals surface area contributed by atoms with Crippen molar-refractivity contribution in [1.82, 2.24) is 15.2 Å². The number of pyridine rings is 1. The van der Waals surface area contributed by atoms with Crippen molar-refractivity contribution in [2.75, 3.05) is 13.1 Å². The van der Waals surface area contributed by atoms with Gasteiger partial charge in [-0.2, -0.15) is 0 Å². The quantitative estimate of drug-likeness (QED) is 0.863. The summed E-state index contributed by atoms with van der Waals surface area (Å²) in [5, 5.41) is 2.97. The van der Waals surface area contributed by atoms with Gasteiger partial charge in [-0.1, -0.05) is 18.2 Å². The molecule has 2 atom stereocenters. The third kappa shape index (κ3) is 4.74. The van der Waals surface area contributed by atoms with Gasteiger partial charge in [-0.05, 0) is 49.1 Å². The van der Waals surface area contributed by atoms with Gasteiger partial charge < -0.3 is 10.2 Å². The van der Waals surface area contributed by atoms with E-state index in [0.717, 1.165) is 11.3 Å².